The van der Waals surface area contributed by atoms with Crippen LogP contribution in [-0.4, -0.2) is 27.4 Å². The van der Waals surface area contributed by atoms with Crippen molar-refractivity contribution in [3.05, 3.63) is 0 Å². The van der Waals surface area contributed by atoms with Crippen molar-refractivity contribution >= 4 is 14.5 Å². The van der Waals surface area contributed by atoms with E-state index in [1.807, 2.05) is 0 Å². The molecule has 3 heteroatoms. The first-order chi connectivity index (χ1) is 7.78. The summed E-state index contributed by atoms with van der Waals surface area (Å²) in [5, 5.41) is 2.59. The highest BCUT2D eigenvalue weighted by molar-refractivity contribution is 6.51. The highest BCUT2D eigenvalue weighted by Gasteiger charge is 2.22. The van der Waals surface area contributed by atoms with Crippen molar-refractivity contribution in [3.8, 4) is 0 Å². The topological polar surface area (TPSA) is 18.5 Å². The van der Waals surface area contributed by atoms with Gasteiger partial charge < -0.3 is 8.53 Å². The van der Waals surface area contributed by atoms with Crippen LogP contribution in [0.1, 0.15) is 59.8 Å². The predicted molar refractivity (Wildman–Crippen MR) is 72.0 cm³/mol. The molecule has 0 amide bonds. The fourth-order valence-corrected chi connectivity index (χ4v) is 4.30. The molecule has 0 bridgehead atoms. The molecule has 0 N–H and O–H groups in total. The zero-order chi connectivity index (χ0) is 12.2. The Morgan fingerprint density at radius 3 is 2.00 bits per heavy atom. The molecule has 0 aromatic heterocycles. The molecule has 96 valence electrons. The van der Waals surface area contributed by atoms with Crippen molar-refractivity contribution < 1.29 is 8.53 Å². The number of unbranched alkanes of at least 4 members (excludes halogenated alkanes) is 1. The van der Waals surface area contributed by atoms with Gasteiger partial charge in [-0.15, -0.1) is 0 Å². The molecule has 0 aliphatic rings. The van der Waals surface area contributed by atoms with Crippen LogP contribution in [0.4, 0.5) is 0 Å². The maximum Gasteiger partial charge on any atom is 0.462 e. The molecular weight excluding hydrogens is 215 g/mol. The summed E-state index contributed by atoms with van der Waals surface area (Å²) in [6, 6.07) is 0. The molecule has 16 heavy (non-hydrogen) atoms. The van der Waals surface area contributed by atoms with Crippen molar-refractivity contribution in [2.75, 3.05) is 6.61 Å². The largest absolute Gasteiger partial charge is 0.478 e. The summed E-state index contributed by atoms with van der Waals surface area (Å²) in [4.78, 5) is 0. The van der Waals surface area contributed by atoms with Gasteiger partial charge in [-0.1, -0.05) is 57.5 Å². The first-order valence-corrected chi connectivity index (χ1v) is 9.15. The van der Waals surface area contributed by atoms with E-state index in [4.69, 9.17) is 8.53 Å². The van der Waals surface area contributed by atoms with Gasteiger partial charge in [-0.3, -0.25) is 0 Å². The zero-order valence-corrected chi connectivity index (χ0v) is 12.8. The van der Waals surface area contributed by atoms with Gasteiger partial charge in [0.05, 0.1) is 0 Å². The number of rotatable bonds is 11. The lowest BCUT2D eigenvalue weighted by Gasteiger charge is -2.22. The summed E-state index contributed by atoms with van der Waals surface area (Å²) < 4.78 is 11.9. The Hall–Kier alpha value is 0.452. The van der Waals surface area contributed by atoms with Crippen LogP contribution in [0.3, 0.4) is 0 Å². The Bertz CT molecular complexity index is 136. The van der Waals surface area contributed by atoms with E-state index < -0.39 is 14.5 Å². The van der Waals surface area contributed by atoms with Crippen molar-refractivity contribution in [1.29, 1.82) is 0 Å². The lowest BCUT2D eigenvalue weighted by atomic mass is 10.4. The molecule has 2 nitrogen and oxygen atoms in total. The van der Waals surface area contributed by atoms with Crippen molar-refractivity contribution in [2.45, 2.75) is 76.7 Å². The molecule has 1 unspecified atom stereocenters. The van der Waals surface area contributed by atoms with Gasteiger partial charge in [0.2, 0.25) is 0 Å². The molecule has 0 radical (unpaired) electrons. The fraction of sp³-hybridized carbons (Fsp3) is 1.00. The lowest BCUT2D eigenvalue weighted by Crippen LogP contribution is -2.27. The molecule has 0 rings (SSSR count). The molecule has 0 aliphatic carbocycles. The molecule has 0 heterocycles. The third-order valence-electron chi connectivity index (χ3n) is 2.70. The highest BCUT2D eigenvalue weighted by atomic mass is 27.2. The van der Waals surface area contributed by atoms with Crippen LogP contribution in [0.15, 0.2) is 0 Å². The van der Waals surface area contributed by atoms with Gasteiger partial charge in [0.1, 0.15) is 6.29 Å². The van der Waals surface area contributed by atoms with Gasteiger partial charge in [-0.25, -0.2) is 0 Å². The summed E-state index contributed by atoms with van der Waals surface area (Å²) in [7, 11) is 0. The minimum atomic E-state index is -0.986. The van der Waals surface area contributed by atoms with Crippen LogP contribution in [-0.2, 0) is 8.53 Å². The van der Waals surface area contributed by atoms with Crippen LogP contribution in [0, 0.1) is 0 Å². The third kappa shape index (κ3) is 8.59. The first-order valence-electron chi connectivity index (χ1n) is 7.05. The quantitative estimate of drug-likeness (QED) is 0.305. The summed E-state index contributed by atoms with van der Waals surface area (Å²) in [5.41, 5.74) is 0. The van der Waals surface area contributed by atoms with Crippen LogP contribution < -0.4 is 0 Å². The van der Waals surface area contributed by atoms with E-state index in [9.17, 15) is 0 Å². The van der Waals surface area contributed by atoms with E-state index >= 15 is 0 Å². The number of hydrogen-bond donors (Lipinski definition) is 0. The SMILES string of the molecule is CCCCOC(CC)[O][Al]([CH2]CC)[CH2]CC. The average molecular weight is 244 g/mol. The second-order valence-corrected chi connectivity index (χ2v) is 7.07. The second-order valence-electron chi connectivity index (χ2n) is 4.40. The molecule has 0 aromatic rings. The highest BCUT2D eigenvalue weighted by Crippen LogP contribution is 2.13. The van der Waals surface area contributed by atoms with Crippen LogP contribution >= 0.6 is 0 Å². The molecule has 0 saturated carbocycles. The van der Waals surface area contributed by atoms with Crippen LogP contribution in [0.5, 0.6) is 0 Å². The Kier molecular flexibility index (Phi) is 12.3. The summed E-state index contributed by atoms with van der Waals surface area (Å²) in [5.74, 6) is 0. The molecule has 1 atom stereocenters. The van der Waals surface area contributed by atoms with Crippen molar-refractivity contribution in [2.24, 2.45) is 0 Å². The van der Waals surface area contributed by atoms with Gasteiger partial charge in [0.25, 0.3) is 0 Å². The molecule has 0 aromatic carbocycles. The first kappa shape index (κ1) is 16.5. The van der Waals surface area contributed by atoms with Gasteiger partial charge in [-0.05, 0) is 12.8 Å². The summed E-state index contributed by atoms with van der Waals surface area (Å²) in [6.45, 7) is 9.70. The predicted octanol–water partition coefficient (Wildman–Crippen LogP) is 4.37. The number of ether oxygens (including phenoxy) is 1. The molecule has 0 saturated heterocycles. The third-order valence-corrected chi connectivity index (χ3v) is 5.83. The summed E-state index contributed by atoms with van der Waals surface area (Å²) >= 11 is -0.986. The Morgan fingerprint density at radius 1 is 0.938 bits per heavy atom. The summed E-state index contributed by atoms with van der Waals surface area (Å²) in [6.07, 6.45) is 5.90. The lowest BCUT2D eigenvalue weighted by molar-refractivity contribution is -0.0854. The molecule has 0 aliphatic heterocycles. The average Bonchev–Trinajstić information content (AvgIpc) is 2.28. The second kappa shape index (κ2) is 11.9. The molecular formula is C13H29AlO2. The standard InChI is InChI=1S/C7H15O2.2C3H7.Al/c1-3-5-6-9-7(8)4-2;2*1-3-2;/h7H,3-6H2,1-2H3;2*1,3H2,2H3;/q-1;;;+1. The van der Waals surface area contributed by atoms with E-state index in [-0.39, 0.29) is 6.29 Å². The van der Waals surface area contributed by atoms with E-state index in [1.165, 1.54) is 29.8 Å². The smallest absolute Gasteiger partial charge is 0.462 e. The van der Waals surface area contributed by atoms with E-state index in [2.05, 4.69) is 27.7 Å². The Balaban J connectivity index is 3.84. The molecule has 0 fully saturated rings. The van der Waals surface area contributed by atoms with Crippen molar-refractivity contribution in [3.63, 3.8) is 0 Å². The normalized spacial score (nSPS) is 12.8. The Morgan fingerprint density at radius 2 is 1.56 bits per heavy atom. The molecule has 0 spiro atoms. The van der Waals surface area contributed by atoms with E-state index in [1.54, 1.807) is 0 Å². The Labute approximate surface area is 106 Å². The van der Waals surface area contributed by atoms with E-state index in [0.717, 1.165) is 19.4 Å². The number of hydrogen-bond acceptors (Lipinski definition) is 2. The van der Waals surface area contributed by atoms with Crippen LogP contribution in [0.25, 0.3) is 0 Å². The van der Waals surface area contributed by atoms with Gasteiger partial charge in [0, 0.05) is 6.61 Å². The van der Waals surface area contributed by atoms with Crippen molar-refractivity contribution in [1.82, 2.24) is 0 Å². The van der Waals surface area contributed by atoms with Crippen LogP contribution in [0.2, 0.25) is 10.6 Å². The van der Waals surface area contributed by atoms with Gasteiger partial charge in [0.15, 0.2) is 0 Å². The zero-order valence-electron chi connectivity index (χ0n) is 11.6. The van der Waals surface area contributed by atoms with Gasteiger partial charge >= 0.3 is 14.5 Å². The minimum absolute atomic E-state index is 0.0707. The minimum Gasteiger partial charge on any atom is -0.478 e. The van der Waals surface area contributed by atoms with Gasteiger partial charge in [-0.2, -0.15) is 0 Å². The van der Waals surface area contributed by atoms with E-state index in [0.29, 0.717) is 0 Å². The monoisotopic (exact) mass is 244 g/mol. The maximum absolute atomic E-state index is 6.14. The maximum atomic E-state index is 6.14. The fourth-order valence-electron chi connectivity index (χ4n) is 1.75.